The van der Waals surface area contributed by atoms with Gasteiger partial charge < -0.3 is 14.9 Å². The monoisotopic (exact) mass is 330 g/mol. The average molecular weight is 330 g/mol. The third-order valence-corrected chi connectivity index (χ3v) is 3.49. The van der Waals surface area contributed by atoms with E-state index >= 15 is 0 Å². The van der Waals surface area contributed by atoms with Crippen LogP contribution in [0.4, 0.5) is 17.6 Å². The highest BCUT2D eigenvalue weighted by Gasteiger charge is 2.66. The number of aliphatic hydroxyl groups excluding tert-OH is 2. The van der Waals surface area contributed by atoms with Crippen molar-refractivity contribution in [2.75, 3.05) is 13.3 Å². The maximum atomic E-state index is 14.5. The first-order valence-corrected chi connectivity index (χ1v) is 6.02. The van der Waals surface area contributed by atoms with Gasteiger partial charge in [-0.1, -0.05) is 0 Å². The van der Waals surface area contributed by atoms with Gasteiger partial charge in [-0.25, -0.2) is 13.2 Å². The number of aromatic amines is 1. The van der Waals surface area contributed by atoms with Crippen molar-refractivity contribution in [3.05, 3.63) is 27.1 Å². The fraction of sp³-hybridized carbons (Fsp3) is 0.600. The van der Waals surface area contributed by atoms with Crippen LogP contribution in [-0.4, -0.2) is 50.7 Å². The summed E-state index contributed by atoms with van der Waals surface area (Å²) in [5, 5.41) is 18.4. The summed E-state index contributed by atoms with van der Waals surface area (Å²) in [5.74, 6) is -4.70. The number of rotatable bonds is 3. The topological polar surface area (TPSA) is 87.5 Å². The molecule has 118 valence electrons. The third kappa shape index (κ3) is 2.29. The summed E-state index contributed by atoms with van der Waals surface area (Å²) in [6.45, 7) is -3.36. The Balaban J connectivity index is 2.60. The molecule has 1 fully saturated rings. The number of aromatic nitrogens is 2. The highest BCUT2D eigenvalue weighted by Crippen LogP contribution is 2.47. The number of aliphatic hydroxyl groups is 2. The maximum absolute atomic E-state index is 14.5. The van der Waals surface area contributed by atoms with E-state index in [1.54, 1.807) is 0 Å². The Morgan fingerprint density at radius 3 is 2.67 bits per heavy atom. The number of hydrogen-bond donors (Lipinski definition) is 3. The number of halogens is 4. The van der Waals surface area contributed by atoms with Crippen molar-refractivity contribution in [3.8, 4) is 0 Å². The zero-order chi connectivity index (χ0) is 16.0. The Morgan fingerprint density at radius 1 is 1.52 bits per heavy atom. The van der Waals surface area contributed by atoms with E-state index in [0.717, 1.165) is 0 Å². The summed E-state index contributed by atoms with van der Waals surface area (Å²) in [7, 11) is 0. The Labute approximate surface area is 119 Å². The van der Waals surface area contributed by atoms with Crippen molar-refractivity contribution in [1.82, 2.24) is 9.55 Å². The molecule has 1 aliphatic rings. The highest BCUT2D eigenvalue weighted by atomic mass is 32.1. The quantitative estimate of drug-likeness (QED) is 0.547. The first-order valence-electron chi connectivity index (χ1n) is 5.61. The van der Waals surface area contributed by atoms with Gasteiger partial charge >= 0.3 is 0 Å². The predicted molar refractivity (Wildman–Crippen MR) is 62.7 cm³/mol. The molecule has 2 rings (SSSR count). The zero-order valence-corrected chi connectivity index (χ0v) is 11.0. The van der Waals surface area contributed by atoms with E-state index in [1.165, 1.54) is 0 Å². The van der Waals surface area contributed by atoms with E-state index in [2.05, 4.69) is 17.0 Å². The van der Waals surface area contributed by atoms with Gasteiger partial charge in [0.2, 0.25) is 11.5 Å². The molecule has 1 aromatic heterocycles. The molecule has 0 spiro atoms. The van der Waals surface area contributed by atoms with E-state index in [4.69, 9.17) is 5.11 Å². The third-order valence-electron chi connectivity index (χ3n) is 3.18. The number of nitrogens with one attached hydrogen (secondary N) is 1. The number of alkyl halides is 3. The van der Waals surface area contributed by atoms with Gasteiger partial charge in [0.25, 0.3) is 11.4 Å². The van der Waals surface area contributed by atoms with E-state index in [-0.39, 0.29) is 0 Å². The highest BCUT2D eigenvalue weighted by molar-refractivity contribution is 7.71. The molecule has 3 N–H and O–H groups in total. The van der Waals surface area contributed by atoms with Crippen molar-refractivity contribution in [2.24, 2.45) is 0 Å². The van der Waals surface area contributed by atoms with Crippen LogP contribution in [0.25, 0.3) is 0 Å². The molecule has 1 saturated heterocycles. The van der Waals surface area contributed by atoms with Gasteiger partial charge in [0.1, 0.15) is 13.3 Å². The second-order valence-corrected chi connectivity index (χ2v) is 4.91. The minimum absolute atomic E-state index is 0.395. The molecular formula is C10H10F4N2O4S. The molecular weight excluding hydrogens is 320 g/mol. The standard InChI is InChI=1S/C10H10F4N2O4S/c11-2-9(13)6(19)10(14,3-17)20-7(9)16-1-4(12)5(18)15-8(16)21/h1,6-7,17,19H,2-3H2,(H,15,18,21)/t6-,7-,9?,10-/m1/s1. The Morgan fingerprint density at radius 2 is 2.14 bits per heavy atom. The van der Waals surface area contributed by atoms with Gasteiger partial charge in [0.15, 0.2) is 17.1 Å². The largest absolute Gasteiger partial charge is 0.390 e. The fourth-order valence-electron chi connectivity index (χ4n) is 2.03. The molecule has 0 bridgehead atoms. The molecule has 0 amide bonds. The molecule has 2 heterocycles. The summed E-state index contributed by atoms with van der Waals surface area (Å²) < 4.78 is 59.1. The second-order valence-electron chi connectivity index (χ2n) is 4.52. The normalized spacial score (nSPS) is 36.1. The van der Waals surface area contributed by atoms with Crippen LogP contribution in [0.3, 0.4) is 0 Å². The summed E-state index contributed by atoms with van der Waals surface area (Å²) in [6.07, 6.45) is -4.50. The van der Waals surface area contributed by atoms with Crippen LogP contribution in [0.1, 0.15) is 6.23 Å². The molecule has 6 nitrogen and oxygen atoms in total. The molecule has 0 radical (unpaired) electrons. The molecule has 4 atom stereocenters. The Hall–Kier alpha value is -1.30. The van der Waals surface area contributed by atoms with Crippen molar-refractivity contribution in [1.29, 1.82) is 0 Å². The number of nitrogens with zero attached hydrogens (tertiary/aromatic N) is 1. The molecule has 1 unspecified atom stereocenters. The fourth-order valence-corrected chi connectivity index (χ4v) is 2.27. The molecule has 0 aromatic carbocycles. The smallest absolute Gasteiger partial charge is 0.287 e. The van der Waals surface area contributed by atoms with Gasteiger partial charge in [-0.2, -0.15) is 4.39 Å². The van der Waals surface area contributed by atoms with E-state index < -0.39 is 53.3 Å². The summed E-state index contributed by atoms with van der Waals surface area (Å²) in [5.41, 5.74) is -4.55. The van der Waals surface area contributed by atoms with Crippen LogP contribution in [0.5, 0.6) is 0 Å². The lowest BCUT2D eigenvalue weighted by Gasteiger charge is -2.26. The van der Waals surface area contributed by atoms with Crippen LogP contribution in [-0.2, 0) is 4.74 Å². The minimum Gasteiger partial charge on any atom is -0.390 e. The van der Waals surface area contributed by atoms with E-state index in [9.17, 15) is 27.5 Å². The predicted octanol–water partition coefficient (Wildman–Crippen LogP) is 0.271. The average Bonchev–Trinajstić information content (AvgIpc) is 2.66. The van der Waals surface area contributed by atoms with Crippen molar-refractivity contribution >= 4 is 12.2 Å². The maximum Gasteiger partial charge on any atom is 0.287 e. The van der Waals surface area contributed by atoms with Gasteiger partial charge in [-0.3, -0.25) is 14.3 Å². The Bertz CT molecular complexity index is 667. The number of ether oxygens (including phenoxy) is 1. The first-order chi connectivity index (χ1) is 9.69. The van der Waals surface area contributed by atoms with Gasteiger partial charge in [0.05, 0.1) is 6.20 Å². The van der Waals surface area contributed by atoms with Gasteiger partial charge in [0, 0.05) is 0 Å². The molecule has 11 heteroatoms. The summed E-state index contributed by atoms with van der Waals surface area (Å²) in [6, 6.07) is 0. The first kappa shape index (κ1) is 16.1. The lowest BCUT2D eigenvalue weighted by molar-refractivity contribution is -0.207. The van der Waals surface area contributed by atoms with Crippen LogP contribution >= 0.6 is 12.2 Å². The molecule has 0 saturated carbocycles. The van der Waals surface area contributed by atoms with Crippen LogP contribution in [0, 0.1) is 10.6 Å². The van der Waals surface area contributed by atoms with Gasteiger partial charge in [-0.05, 0) is 12.2 Å². The summed E-state index contributed by atoms with van der Waals surface area (Å²) in [4.78, 5) is 12.8. The lowest BCUT2D eigenvalue weighted by Crippen LogP contribution is -2.49. The SMILES string of the molecule is O=c1[nH]c(=S)n([C@@H]2O[C@](F)(CO)[C@H](O)C2(F)CF)cc1F. The van der Waals surface area contributed by atoms with Crippen LogP contribution < -0.4 is 5.56 Å². The van der Waals surface area contributed by atoms with Gasteiger partial charge in [-0.15, -0.1) is 0 Å². The molecule has 21 heavy (non-hydrogen) atoms. The summed E-state index contributed by atoms with van der Waals surface area (Å²) >= 11 is 4.64. The number of hydrogen-bond acceptors (Lipinski definition) is 5. The molecule has 1 aromatic rings. The lowest BCUT2D eigenvalue weighted by atomic mass is 9.96. The zero-order valence-electron chi connectivity index (χ0n) is 10.2. The molecule has 1 aliphatic heterocycles. The van der Waals surface area contributed by atoms with Crippen LogP contribution in [0.2, 0.25) is 0 Å². The second kappa shape index (κ2) is 5.16. The van der Waals surface area contributed by atoms with E-state index in [0.29, 0.717) is 10.8 Å². The van der Waals surface area contributed by atoms with Crippen molar-refractivity contribution in [2.45, 2.75) is 23.9 Å². The van der Waals surface area contributed by atoms with Crippen molar-refractivity contribution < 1.29 is 32.5 Å². The van der Waals surface area contributed by atoms with Crippen LogP contribution in [0.15, 0.2) is 11.0 Å². The molecule has 0 aliphatic carbocycles. The minimum atomic E-state index is -3.33. The van der Waals surface area contributed by atoms with E-state index in [1.807, 2.05) is 4.98 Å². The number of H-pyrrole nitrogens is 1. The van der Waals surface area contributed by atoms with Crippen molar-refractivity contribution in [3.63, 3.8) is 0 Å². The Kier molecular flexibility index (Phi) is 3.95.